The van der Waals surface area contributed by atoms with Gasteiger partial charge in [0.2, 0.25) is 0 Å². The van der Waals surface area contributed by atoms with Crippen LogP contribution in [0.1, 0.15) is 27.0 Å². The molecule has 1 N–H and O–H groups in total. The Kier molecular flexibility index (Phi) is 5.69. The number of Topliss-reactive ketones (excluding diaryl/α,β-unsaturated/α-hetero) is 1. The molecule has 1 heterocycles. The molecule has 0 aliphatic carbocycles. The molecule has 0 spiro atoms. The normalized spacial score (nSPS) is 12.3. The van der Waals surface area contributed by atoms with E-state index in [1.165, 1.54) is 18.2 Å². The third kappa shape index (κ3) is 4.88. The molecular formula is C23H13ClF6N2O. The van der Waals surface area contributed by atoms with Crippen LogP contribution in [0.5, 0.6) is 0 Å². The molecule has 1 aromatic heterocycles. The van der Waals surface area contributed by atoms with Gasteiger partial charge < -0.3 is 4.98 Å². The number of aromatic nitrogens is 2. The van der Waals surface area contributed by atoms with Gasteiger partial charge in [-0.1, -0.05) is 29.8 Å². The van der Waals surface area contributed by atoms with Crippen LogP contribution in [-0.4, -0.2) is 15.8 Å². The standard InChI is InChI=1S/C23H13ClF6N2O/c24-17-6-5-12(7-16(17)21-31-18-3-1-2-4-19(18)32-21)8-20(33)13-9-14(22(25,26)27)11-15(10-13)23(28,29)30/h1-7,9-11H,8H2,(H,31,32). The Morgan fingerprint density at radius 3 is 2.12 bits per heavy atom. The largest absolute Gasteiger partial charge is 0.416 e. The number of halogens is 7. The summed E-state index contributed by atoms with van der Waals surface area (Å²) in [5, 5.41) is 0.309. The lowest BCUT2D eigenvalue weighted by Gasteiger charge is -2.14. The van der Waals surface area contributed by atoms with Crippen molar-refractivity contribution in [2.75, 3.05) is 0 Å². The molecule has 3 aromatic carbocycles. The van der Waals surface area contributed by atoms with E-state index in [0.717, 1.165) is 5.52 Å². The molecule has 0 saturated carbocycles. The number of hydrogen-bond donors (Lipinski definition) is 1. The number of para-hydroxylation sites is 2. The van der Waals surface area contributed by atoms with E-state index in [9.17, 15) is 31.1 Å². The molecular weight excluding hydrogens is 470 g/mol. The first-order chi connectivity index (χ1) is 15.4. The zero-order chi connectivity index (χ0) is 24.0. The van der Waals surface area contributed by atoms with E-state index in [2.05, 4.69) is 9.97 Å². The Balaban J connectivity index is 1.68. The maximum atomic E-state index is 13.1. The Bertz CT molecular complexity index is 1290. The van der Waals surface area contributed by atoms with Crippen molar-refractivity contribution in [1.82, 2.24) is 9.97 Å². The average molecular weight is 483 g/mol. The van der Waals surface area contributed by atoms with Crippen LogP contribution in [0.2, 0.25) is 5.02 Å². The summed E-state index contributed by atoms with van der Waals surface area (Å²) in [5.41, 5.74) is -1.55. The number of hydrogen-bond acceptors (Lipinski definition) is 2. The zero-order valence-electron chi connectivity index (χ0n) is 16.5. The molecule has 0 atom stereocenters. The van der Waals surface area contributed by atoms with Gasteiger partial charge in [0, 0.05) is 17.5 Å². The van der Waals surface area contributed by atoms with Crippen molar-refractivity contribution in [2.24, 2.45) is 0 Å². The predicted octanol–water partition coefficient (Wildman–Crippen LogP) is 7.35. The lowest BCUT2D eigenvalue weighted by Crippen LogP contribution is -2.14. The maximum absolute atomic E-state index is 13.1. The summed E-state index contributed by atoms with van der Waals surface area (Å²) in [5.74, 6) is -0.488. The molecule has 0 unspecified atom stereocenters. The monoisotopic (exact) mass is 482 g/mol. The van der Waals surface area contributed by atoms with Crippen molar-refractivity contribution < 1.29 is 31.1 Å². The Labute approximate surface area is 188 Å². The second-order valence-corrected chi connectivity index (χ2v) is 7.72. The van der Waals surface area contributed by atoms with Crippen LogP contribution < -0.4 is 0 Å². The molecule has 0 radical (unpaired) electrons. The molecule has 33 heavy (non-hydrogen) atoms. The van der Waals surface area contributed by atoms with Crippen molar-refractivity contribution in [1.29, 1.82) is 0 Å². The number of aromatic amines is 1. The lowest BCUT2D eigenvalue weighted by molar-refractivity contribution is -0.143. The van der Waals surface area contributed by atoms with Crippen LogP contribution >= 0.6 is 11.6 Å². The van der Waals surface area contributed by atoms with Gasteiger partial charge in [-0.3, -0.25) is 4.79 Å². The van der Waals surface area contributed by atoms with Crippen LogP contribution in [0.25, 0.3) is 22.4 Å². The minimum Gasteiger partial charge on any atom is -0.338 e. The Morgan fingerprint density at radius 1 is 0.879 bits per heavy atom. The summed E-state index contributed by atoms with van der Waals surface area (Å²) in [7, 11) is 0. The van der Waals surface area contributed by atoms with Crippen molar-refractivity contribution in [2.45, 2.75) is 18.8 Å². The number of benzene rings is 3. The fourth-order valence-corrected chi connectivity index (χ4v) is 3.55. The zero-order valence-corrected chi connectivity index (χ0v) is 17.2. The molecule has 3 nitrogen and oxygen atoms in total. The number of alkyl halides is 6. The quantitative estimate of drug-likeness (QED) is 0.244. The van der Waals surface area contributed by atoms with Crippen LogP contribution in [0.15, 0.2) is 60.7 Å². The number of rotatable bonds is 4. The maximum Gasteiger partial charge on any atom is 0.416 e. The number of H-pyrrole nitrogens is 1. The van der Waals surface area contributed by atoms with Gasteiger partial charge in [-0.2, -0.15) is 26.3 Å². The van der Waals surface area contributed by atoms with Gasteiger partial charge >= 0.3 is 12.4 Å². The highest BCUT2D eigenvalue weighted by Gasteiger charge is 2.37. The third-order valence-corrected chi connectivity index (χ3v) is 5.28. The summed E-state index contributed by atoms with van der Waals surface area (Å²) in [6, 6.07) is 12.5. The molecule has 0 amide bonds. The molecule has 0 fully saturated rings. The first-order valence-corrected chi connectivity index (χ1v) is 9.86. The number of nitrogens with zero attached hydrogens (tertiary/aromatic N) is 1. The third-order valence-electron chi connectivity index (χ3n) is 4.95. The fourth-order valence-electron chi connectivity index (χ4n) is 3.35. The van der Waals surface area contributed by atoms with E-state index >= 15 is 0 Å². The van der Waals surface area contributed by atoms with Gasteiger partial charge in [-0.15, -0.1) is 0 Å². The van der Waals surface area contributed by atoms with Gasteiger partial charge in [0.05, 0.1) is 27.2 Å². The fraction of sp³-hybridized carbons (Fsp3) is 0.130. The average Bonchev–Trinajstić information content (AvgIpc) is 3.17. The number of imidazole rings is 1. The van der Waals surface area contributed by atoms with Gasteiger partial charge in [-0.25, -0.2) is 4.98 Å². The molecule has 4 rings (SSSR count). The number of carbonyl (C=O) groups excluding carboxylic acids is 1. The van der Waals surface area contributed by atoms with E-state index in [1.54, 1.807) is 18.2 Å². The lowest BCUT2D eigenvalue weighted by atomic mass is 9.97. The molecule has 0 aliphatic heterocycles. The van der Waals surface area contributed by atoms with Gasteiger partial charge in [0.1, 0.15) is 5.82 Å². The first kappa shape index (κ1) is 22.8. The number of fused-ring (bicyclic) bond motifs is 1. The van der Waals surface area contributed by atoms with Gasteiger partial charge in [0.15, 0.2) is 5.78 Å². The molecule has 0 saturated heterocycles. The van der Waals surface area contributed by atoms with Gasteiger partial charge in [-0.05, 0) is 48.0 Å². The van der Waals surface area contributed by atoms with Gasteiger partial charge in [0.25, 0.3) is 0 Å². The number of carbonyl (C=O) groups is 1. The second-order valence-electron chi connectivity index (χ2n) is 7.31. The van der Waals surface area contributed by atoms with E-state index in [1.807, 2.05) is 6.07 Å². The van der Waals surface area contributed by atoms with Crippen molar-refractivity contribution in [3.8, 4) is 11.4 Å². The molecule has 170 valence electrons. The van der Waals surface area contributed by atoms with E-state index in [-0.39, 0.29) is 6.07 Å². The minimum absolute atomic E-state index is 0.0151. The topological polar surface area (TPSA) is 45.8 Å². The molecule has 0 bridgehead atoms. The van der Waals surface area contributed by atoms with E-state index in [4.69, 9.17) is 11.6 Å². The summed E-state index contributed by atoms with van der Waals surface area (Å²) in [6.45, 7) is 0. The molecule has 0 aliphatic rings. The summed E-state index contributed by atoms with van der Waals surface area (Å²) in [4.78, 5) is 20.2. The smallest absolute Gasteiger partial charge is 0.338 e. The summed E-state index contributed by atoms with van der Waals surface area (Å²) < 4.78 is 78.6. The first-order valence-electron chi connectivity index (χ1n) is 9.48. The predicted molar refractivity (Wildman–Crippen MR) is 111 cm³/mol. The summed E-state index contributed by atoms with van der Waals surface area (Å²) in [6.07, 6.45) is -10.5. The van der Waals surface area contributed by atoms with Crippen molar-refractivity contribution in [3.63, 3.8) is 0 Å². The van der Waals surface area contributed by atoms with Crippen LogP contribution in [0, 0.1) is 0 Å². The Morgan fingerprint density at radius 2 is 1.52 bits per heavy atom. The second kappa shape index (κ2) is 8.22. The molecule has 4 aromatic rings. The minimum atomic E-state index is -5.04. The van der Waals surface area contributed by atoms with E-state index < -0.39 is 41.2 Å². The van der Waals surface area contributed by atoms with Crippen LogP contribution in [0.4, 0.5) is 26.3 Å². The SMILES string of the molecule is O=C(Cc1ccc(Cl)c(-c2nc3ccccc3[nH]2)c1)c1cc(C(F)(F)F)cc(C(F)(F)F)c1. The van der Waals surface area contributed by atoms with Crippen LogP contribution in [-0.2, 0) is 18.8 Å². The van der Waals surface area contributed by atoms with Crippen molar-refractivity contribution in [3.05, 3.63) is 87.9 Å². The highest BCUT2D eigenvalue weighted by atomic mass is 35.5. The van der Waals surface area contributed by atoms with E-state index in [0.29, 0.717) is 39.6 Å². The number of ketones is 1. The number of nitrogens with one attached hydrogen (secondary N) is 1. The highest BCUT2D eigenvalue weighted by molar-refractivity contribution is 6.33. The molecule has 10 heteroatoms. The Hall–Kier alpha value is -3.33. The highest BCUT2D eigenvalue weighted by Crippen LogP contribution is 2.37. The van der Waals surface area contributed by atoms with Crippen LogP contribution in [0.3, 0.4) is 0 Å². The van der Waals surface area contributed by atoms with Crippen molar-refractivity contribution >= 4 is 28.4 Å². The summed E-state index contributed by atoms with van der Waals surface area (Å²) >= 11 is 6.26.